The van der Waals surface area contributed by atoms with Gasteiger partial charge in [0.2, 0.25) is 0 Å². The highest BCUT2D eigenvalue weighted by atomic mass is 16.2. The normalized spacial score (nSPS) is 26.0. The Bertz CT molecular complexity index is 476. The molecule has 2 aliphatic rings. The Labute approximate surface area is 127 Å². The number of aryl methyl sites for hydroxylation is 1. The topological polar surface area (TPSA) is 32.3 Å². The molecule has 21 heavy (non-hydrogen) atoms. The van der Waals surface area contributed by atoms with Crippen LogP contribution in [0.1, 0.15) is 48.5 Å². The Kier molecular flexibility index (Phi) is 4.59. The Hall–Kier alpha value is -1.35. The molecule has 3 heteroatoms. The van der Waals surface area contributed by atoms with E-state index in [0.29, 0.717) is 12.0 Å². The molecule has 1 aromatic carbocycles. The molecule has 1 N–H and O–H groups in total. The van der Waals surface area contributed by atoms with Gasteiger partial charge in [0.05, 0.1) is 0 Å². The van der Waals surface area contributed by atoms with E-state index in [0.717, 1.165) is 38.0 Å². The fourth-order valence-corrected chi connectivity index (χ4v) is 3.70. The van der Waals surface area contributed by atoms with Gasteiger partial charge in [-0.1, -0.05) is 19.1 Å². The van der Waals surface area contributed by atoms with E-state index in [2.05, 4.69) is 29.3 Å². The van der Waals surface area contributed by atoms with Crippen LogP contribution in [0.5, 0.6) is 0 Å². The van der Waals surface area contributed by atoms with Crippen molar-refractivity contribution in [2.24, 2.45) is 5.92 Å². The summed E-state index contributed by atoms with van der Waals surface area (Å²) in [6, 6.07) is 8.75. The minimum atomic E-state index is 0.209. The zero-order chi connectivity index (χ0) is 14.7. The Morgan fingerprint density at radius 2 is 2.05 bits per heavy atom. The maximum absolute atomic E-state index is 12.7. The summed E-state index contributed by atoms with van der Waals surface area (Å²) in [6.07, 6.45) is 5.98. The summed E-state index contributed by atoms with van der Waals surface area (Å²) in [5.41, 5.74) is 2.13. The van der Waals surface area contributed by atoms with Gasteiger partial charge < -0.3 is 10.2 Å². The summed E-state index contributed by atoms with van der Waals surface area (Å²) in [5, 5.41) is 3.60. The Morgan fingerprint density at radius 1 is 1.24 bits per heavy atom. The number of hydrogen-bond donors (Lipinski definition) is 1. The molecular weight excluding hydrogens is 260 g/mol. The number of amides is 1. The second-order valence-electron chi connectivity index (χ2n) is 6.41. The van der Waals surface area contributed by atoms with Gasteiger partial charge in [-0.15, -0.1) is 0 Å². The van der Waals surface area contributed by atoms with Crippen molar-refractivity contribution >= 4 is 5.91 Å². The molecule has 0 saturated carbocycles. The first-order valence-corrected chi connectivity index (χ1v) is 8.39. The number of benzene rings is 1. The molecule has 2 saturated heterocycles. The van der Waals surface area contributed by atoms with E-state index < -0.39 is 0 Å². The van der Waals surface area contributed by atoms with E-state index in [1.165, 1.54) is 24.8 Å². The van der Waals surface area contributed by atoms with E-state index in [1.54, 1.807) is 0 Å². The number of likely N-dealkylation sites (tertiary alicyclic amines) is 1. The fourth-order valence-electron chi connectivity index (χ4n) is 3.70. The lowest BCUT2D eigenvalue weighted by molar-refractivity contribution is 0.0651. The van der Waals surface area contributed by atoms with E-state index in [9.17, 15) is 4.79 Å². The maximum Gasteiger partial charge on any atom is 0.253 e. The number of nitrogens with one attached hydrogen (secondary N) is 1. The molecule has 0 aliphatic carbocycles. The molecule has 2 unspecified atom stereocenters. The zero-order valence-corrected chi connectivity index (χ0v) is 13.0. The minimum absolute atomic E-state index is 0.209. The molecule has 114 valence electrons. The van der Waals surface area contributed by atoms with Crippen molar-refractivity contribution in [3.8, 4) is 0 Å². The molecule has 3 nitrogen and oxygen atoms in total. The molecule has 0 radical (unpaired) electrons. The number of carbonyl (C=O) groups excluding carboxylic acids is 1. The summed E-state index contributed by atoms with van der Waals surface area (Å²) in [4.78, 5) is 14.7. The van der Waals surface area contributed by atoms with Crippen molar-refractivity contribution in [3.05, 3.63) is 35.4 Å². The van der Waals surface area contributed by atoms with E-state index >= 15 is 0 Å². The van der Waals surface area contributed by atoms with Crippen LogP contribution < -0.4 is 5.32 Å². The van der Waals surface area contributed by atoms with Crippen molar-refractivity contribution in [1.82, 2.24) is 10.2 Å². The highest BCUT2D eigenvalue weighted by Gasteiger charge is 2.31. The molecule has 2 fully saturated rings. The molecule has 0 aromatic heterocycles. The highest BCUT2D eigenvalue weighted by molar-refractivity contribution is 5.94. The highest BCUT2D eigenvalue weighted by Crippen LogP contribution is 2.25. The first-order chi connectivity index (χ1) is 10.3. The van der Waals surface area contributed by atoms with Crippen LogP contribution in [0.2, 0.25) is 0 Å². The zero-order valence-electron chi connectivity index (χ0n) is 13.0. The van der Waals surface area contributed by atoms with E-state index in [4.69, 9.17) is 0 Å². The van der Waals surface area contributed by atoms with Crippen molar-refractivity contribution < 1.29 is 4.79 Å². The number of hydrogen-bond acceptors (Lipinski definition) is 2. The van der Waals surface area contributed by atoms with Crippen LogP contribution in [-0.2, 0) is 6.42 Å². The predicted molar refractivity (Wildman–Crippen MR) is 85.5 cm³/mol. The average molecular weight is 286 g/mol. The van der Waals surface area contributed by atoms with Crippen molar-refractivity contribution in [3.63, 3.8) is 0 Å². The number of piperidine rings is 1. The van der Waals surface area contributed by atoms with Gasteiger partial charge in [-0.25, -0.2) is 0 Å². The summed E-state index contributed by atoms with van der Waals surface area (Å²) in [6.45, 7) is 5.12. The van der Waals surface area contributed by atoms with Gasteiger partial charge >= 0.3 is 0 Å². The fraction of sp³-hybridized carbons (Fsp3) is 0.611. The molecule has 0 bridgehead atoms. The third-order valence-electron chi connectivity index (χ3n) is 5.02. The second-order valence-corrected chi connectivity index (χ2v) is 6.41. The lowest BCUT2D eigenvalue weighted by Gasteiger charge is -2.36. The van der Waals surface area contributed by atoms with Gasteiger partial charge in [0.15, 0.2) is 0 Å². The Balaban J connectivity index is 1.65. The van der Waals surface area contributed by atoms with Gasteiger partial charge in [0, 0.05) is 24.7 Å². The number of nitrogens with zero attached hydrogens (tertiary/aromatic N) is 1. The third-order valence-corrected chi connectivity index (χ3v) is 5.02. The van der Waals surface area contributed by atoms with Gasteiger partial charge in [0.25, 0.3) is 5.91 Å². The smallest absolute Gasteiger partial charge is 0.253 e. The maximum atomic E-state index is 12.7. The first kappa shape index (κ1) is 14.6. The molecule has 3 rings (SSSR count). The first-order valence-electron chi connectivity index (χ1n) is 8.39. The molecular formula is C18H26N2O. The molecule has 0 spiro atoms. The molecule has 2 heterocycles. The lowest BCUT2D eigenvalue weighted by atomic mass is 9.89. The lowest BCUT2D eigenvalue weighted by Crippen LogP contribution is -2.45. The minimum Gasteiger partial charge on any atom is -0.338 e. The van der Waals surface area contributed by atoms with Gasteiger partial charge in [-0.2, -0.15) is 0 Å². The Morgan fingerprint density at radius 3 is 2.71 bits per heavy atom. The predicted octanol–water partition coefficient (Wildman–Crippen LogP) is 2.85. The number of rotatable bonds is 3. The van der Waals surface area contributed by atoms with Crippen molar-refractivity contribution in [2.75, 3.05) is 19.6 Å². The summed E-state index contributed by atoms with van der Waals surface area (Å²) in [5.74, 6) is 0.848. The third kappa shape index (κ3) is 3.29. The molecule has 1 aromatic rings. The van der Waals surface area contributed by atoms with Crippen LogP contribution in [0.15, 0.2) is 24.3 Å². The summed E-state index contributed by atoms with van der Waals surface area (Å²) in [7, 11) is 0. The van der Waals surface area contributed by atoms with Gasteiger partial charge in [-0.3, -0.25) is 4.79 Å². The van der Waals surface area contributed by atoms with Crippen LogP contribution in [0.3, 0.4) is 0 Å². The number of carbonyl (C=O) groups is 1. The van der Waals surface area contributed by atoms with Crippen LogP contribution in [0.25, 0.3) is 0 Å². The van der Waals surface area contributed by atoms with E-state index in [-0.39, 0.29) is 5.91 Å². The molecule has 2 aliphatic heterocycles. The van der Waals surface area contributed by atoms with Crippen LogP contribution >= 0.6 is 0 Å². The quantitative estimate of drug-likeness (QED) is 0.926. The molecule has 2 atom stereocenters. The summed E-state index contributed by atoms with van der Waals surface area (Å²) < 4.78 is 0. The van der Waals surface area contributed by atoms with Crippen LogP contribution in [-0.4, -0.2) is 36.5 Å². The monoisotopic (exact) mass is 286 g/mol. The summed E-state index contributed by atoms with van der Waals surface area (Å²) >= 11 is 0. The standard InChI is InChI=1S/C18H26N2O/c1-2-14-7-9-15(10-8-14)18(21)20-12-4-5-16(13-20)17-6-3-11-19-17/h7-10,16-17,19H,2-6,11-13H2,1H3. The van der Waals surface area contributed by atoms with Gasteiger partial charge in [-0.05, 0) is 62.3 Å². The second kappa shape index (κ2) is 6.61. The van der Waals surface area contributed by atoms with Crippen molar-refractivity contribution in [2.45, 2.75) is 45.1 Å². The van der Waals surface area contributed by atoms with E-state index in [1.807, 2.05) is 12.1 Å². The molecule has 1 amide bonds. The average Bonchev–Trinajstić information content (AvgIpc) is 3.09. The van der Waals surface area contributed by atoms with Crippen LogP contribution in [0, 0.1) is 5.92 Å². The van der Waals surface area contributed by atoms with Crippen LogP contribution in [0.4, 0.5) is 0 Å². The SMILES string of the molecule is CCc1ccc(C(=O)N2CCCC(C3CCCN3)C2)cc1. The van der Waals surface area contributed by atoms with Crippen molar-refractivity contribution in [1.29, 1.82) is 0 Å². The van der Waals surface area contributed by atoms with Gasteiger partial charge in [0.1, 0.15) is 0 Å². The largest absolute Gasteiger partial charge is 0.338 e.